The first kappa shape index (κ1) is 15.4. The third kappa shape index (κ3) is 3.38. The van der Waals surface area contributed by atoms with Crippen molar-refractivity contribution in [2.45, 2.75) is 43.9 Å². The quantitative estimate of drug-likeness (QED) is 0.688. The Bertz CT molecular complexity index is 561. The normalized spacial score (nSPS) is 23.9. The average Bonchev–Trinajstić information content (AvgIpc) is 2.80. The summed E-state index contributed by atoms with van der Waals surface area (Å²) in [5.41, 5.74) is -0.359. The molecule has 2 heterocycles. The third-order valence-corrected chi connectivity index (χ3v) is 4.88. The van der Waals surface area contributed by atoms with Gasteiger partial charge in [0.05, 0.1) is 11.3 Å². The van der Waals surface area contributed by atoms with Crippen LogP contribution in [0.15, 0.2) is 11.1 Å². The van der Waals surface area contributed by atoms with Crippen molar-refractivity contribution in [3.8, 4) is 0 Å². The fraction of sp³-hybridized carbons (Fsp3) is 0.750. The smallest absolute Gasteiger partial charge is 0.257 e. The molecule has 0 spiro atoms. The lowest BCUT2D eigenvalue weighted by Gasteiger charge is -2.32. The van der Waals surface area contributed by atoms with E-state index >= 15 is 0 Å². The SMILES string of the molecule is CCn1nc(C)cc1S(=O)(=O)NC[C@@]1(O)CCCNC1. The maximum Gasteiger partial charge on any atom is 0.257 e. The highest BCUT2D eigenvalue weighted by Crippen LogP contribution is 2.17. The van der Waals surface area contributed by atoms with Gasteiger partial charge >= 0.3 is 0 Å². The number of nitrogens with zero attached hydrogens (tertiary/aromatic N) is 2. The van der Waals surface area contributed by atoms with Crippen LogP contribution in [0.25, 0.3) is 0 Å². The number of rotatable bonds is 5. The van der Waals surface area contributed by atoms with Crippen LogP contribution in [0, 0.1) is 6.92 Å². The Hall–Kier alpha value is -0.960. The van der Waals surface area contributed by atoms with Crippen molar-refractivity contribution in [1.29, 1.82) is 0 Å². The lowest BCUT2D eigenvalue weighted by atomic mass is 9.95. The lowest BCUT2D eigenvalue weighted by Crippen LogP contribution is -2.52. The fourth-order valence-electron chi connectivity index (χ4n) is 2.37. The summed E-state index contributed by atoms with van der Waals surface area (Å²) in [6.45, 7) is 5.35. The van der Waals surface area contributed by atoms with Crippen LogP contribution >= 0.6 is 0 Å². The number of aromatic nitrogens is 2. The molecule has 1 aliphatic heterocycles. The van der Waals surface area contributed by atoms with Crippen molar-refractivity contribution in [3.63, 3.8) is 0 Å². The van der Waals surface area contributed by atoms with Crippen molar-refractivity contribution in [2.24, 2.45) is 0 Å². The van der Waals surface area contributed by atoms with Gasteiger partial charge in [-0.2, -0.15) is 5.10 Å². The van der Waals surface area contributed by atoms with Crippen molar-refractivity contribution in [3.05, 3.63) is 11.8 Å². The van der Waals surface area contributed by atoms with E-state index in [1.165, 1.54) is 10.7 Å². The van der Waals surface area contributed by atoms with Crippen molar-refractivity contribution in [1.82, 2.24) is 19.8 Å². The minimum atomic E-state index is -3.66. The van der Waals surface area contributed by atoms with E-state index in [1.54, 1.807) is 6.92 Å². The summed E-state index contributed by atoms with van der Waals surface area (Å²) in [5.74, 6) is 0. The number of piperidine rings is 1. The number of sulfonamides is 1. The van der Waals surface area contributed by atoms with E-state index in [4.69, 9.17) is 0 Å². The maximum absolute atomic E-state index is 12.3. The molecule has 0 aromatic carbocycles. The van der Waals surface area contributed by atoms with E-state index in [0.29, 0.717) is 25.2 Å². The van der Waals surface area contributed by atoms with Gasteiger partial charge in [0.1, 0.15) is 0 Å². The van der Waals surface area contributed by atoms with Gasteiger partial charge < -0.3 is 10.4 Å². The van der Waals surface area contributed by atoms with Crippen LogP contribution in [-0.2, 0) is 16.6 Å². The zero-order valence-electron chi connectivity index (χ0n) is 11.9. The first-order chi connectivity index (χ1) is 9.36. The van der Waals surface area contributed by atoms with Crippen molar-refractivity contribution >= 4 is 10.0 Å². The molecule has 1 aromatic heterocycles. The number of nitrogens with one attached hydrogen (secondary N) is 2. The molecule has 0 aliphatic carbocycles. The Morgan fingerprint density at radius 3 is 2.95 bits per heavy atom. The Labute approximate surface area is 119 Å². The molecule has 0 bridgehead atoms. The predicted octanol–water partition coefficient (Wildman–Crippen LogP) is -0.396. The van der Waals surface area contributed by atoms with Crippen LogP contribution < -0.4 is 10.0 Å². The van der Waals surface area contributed by atoms with Gasteiger partial charge in [-0.1, -0.05) is 0 Å². The number of β-amino-alcohol motifs (C(OH)–C–C–N with tert-alkyl or cyclic N) is 1. The van der Waals surface area contributed by atoms with Crippen molar-refractivity contribution in [2.75, 3.05) is 19.6 Å². The average molecular weight is 302 g/mol. The van der Waals surface area contributed by atoms with E-state index in [0.717, 1.165) is 13.0 Å². The van der Waals surface area contributed by atoms with E-state index in [2.05, 4.69) is 15.1 Å². The summed E-state index contributed by atoms with van der Waals surface area (Å²) < 4.78 is 28.6. The molecule has 0 amide bonds. The Morgan fingerprint density at radius 2 is 2.35 bits per heavy atom. The Kier molecular flexibility index (Phi) is 4.48. The first-order valence-corrected chi connectivity index (χ1v) is 8.32. The molecule has 1 saturated heterocycles. The van der Waals surface area contributed by atoms with E-state index in [9.17, 15) is 13.5 Å². The molecule has 1 atom stereocenters. The number of aliphatic hydroxyl groups is 1. The van der Waals surface area contributed by atoms with E-state index in [-0.39, 0.29) is 11.6 Å². The molecule has 8 heteroatoms. The predicted molar refractivity (Wildman–Crippen MR) is 74.9 cm³/mol. The molecule has 0 saturated carbocycles. The van der Waals surface area contributed by atoms with E-state index < -0.39 is 15.6 Å². The van der Waals surface area contributed by atoms with Crippen molar-refractivity contribution < 1.29 is 13.5 Å². The summed E-state index contributed by atoms with van der Waals surface area (Å²) in [6.07, 6.45) is 1.43. The van der Waals surface area contributed by atoms with Crippen LogP contribution in [0.5, 0.6) is 0 Å². The molecule has 2 rings (SSSR count). The third-order valence-electron chi connectivity index (χ3n) is 3.48. The fourth-order valence-corrected chi connectivity index (χ4v) is 3.75. The van der Waals surface area contributed by atoms with Crippen LogP contribution in [0.2, 0.25) is 0 Å². The van der Waals surface area contributed by atoms with Gasteiger partial charge in [0.25, 0.3) is 10.0 Å². The highest BCUT2D eigenvalue weighted by Gasteiger charge is 2.31. The van der Waals surface area contributed by atoms with Crippen LogP contribution in [-0.4, -0.2) is 48.5 Å². The first-order valence-electron chi connectivity index (χ1n) is 6.83. The van der Waals surface area contributed by atoms with Gasteiger partial charge in [0.2, 0.25) is 0 Å². The summed E-state index contributed by atoms with van der Waals surface area (Å²) in [4.78, 5) is 0. The largest absolute Gasteiger partial charge is 0.387 e. The summed E-state index contributed by atoms with van der Waals surface area (Å²) >= 11 is 0. The highest BCUT2D eigenvalue weighted by atomic mass is 32.2. The molecule has 1 fully saturated rings. The number of hydrogen-bond acceptors (Lipinski definition) is 5. The molecule has 3 N–H and O–H groups in total. The Balaban J connectivity index is 2.11. The minimum absolute atomic E-state index is 0.0102. The molecule has 0 radical (unpaired) electrons. The molecule has 0 unspecified atom stereocenters. The second kappa shape index (κ2) is 5.80. The monoisotopic (exact) mass is 302 g/mol. The molecule has 7 nitrogen and oxygen atoms in total. The van der Waals surface area contributed by atoms with Gasteiger partial charge in [-0.15, -0.1) is 0 Å². The van der Waals surface area contributed by atoms with Crippen LogP contribution in [0.3, 0.4) is 0 Å². The number of hydrogen-bond donors (Lipinski definition) is 3. The second-order valence-electron chi connectivity index (χ2n) is 5.27. The zero-order chi connectivity index (χ0) is 14.8. The summed E-state index contributed by atoms with van der Waals surface area (Å²) in [7, 11) is -3.66. The van der Waals surface area contributed by atoms with Crippen LogP contribution in [0.1, 0.15) is 25.5 Å². The minimum Gasteiger partial charge on any atom is -0.387 e. The standard InChI is InChI=1S/C12H22N4O3S/c1-3-16-11(7-10(2)15-16)20(18,19)14-9-12(17)5-4-6-13-8-12/h7,13-14,17H,3-6,8-9H2,1-2H3/t12-/m1/s1. The summed E-state index contributed by atoms with van der Waals surface area (Å²) in [6, 6.07) is 1.54. The van der Waals surface area contributed by atoms with Gasteiger partial charge in [0.15, 0.2) is 5.03 Å². The lowest BCUT2D eigenvalue weighted by molar-refractivity contribution is 0.0218. The van der Waals surface area contributed by atoms with Gasteiger partial charge in [-0.25, -0.2) is 13.1 Å². The highest BCUT2D eigenvalue weighted by molar-refractivity contribution is 7.89. The molecule has 114 valence electrons. The van der Waals surface area contributed by atoms with Gasteiger partial charge in [-0.3, -0.25) is 4.68 Å². The Morgan fingerprint density at radius 1 is 1.60 bits per heavy atom. The molecular weight excluding hydrogens is 280 g/mol. The zero-order valence-corrected chi connectivity index (χ0v) is 12.7. The second-order valence-corrected chi connectivity index (χ2v) is 6.98. The molecule has 20 heavy (non-hydrogen) atoms. The molecular formula is C12H22N4O3S. The van der Waals surface area contributed by atoms with Gasteiger partial charge in [0, 0.05) is 19.6 Å². The topological polar surface area (TPSA) is 96.2 Å². The van der Waals surface area contributed by atoms with Gasteiger partial charge in [-0.05, 0) is 39.3 Å². The number of aryl methyl sites for hydroxylation is 2. The maximum atomic E-state index is 12.3. The molecule has 1 aliphatic rings. The van der Waals surface area contributed by atoms with E-state index in [1.807, 2.05) is 6.92 Å². The summed E-state index contributed by atoms with van der Waals surface area (Å²) in [5, 5.41) is 17.7. The molecule has 1 aromatic rings. The van der Waals surface area contributed by atoms with Crippen LogP contribution in [0.4, 0.5) is 0 Å².